The molecule has 0 bridgehead atoms. The monoisotopic (exact) mass is 244 g/mol. The Bertz CT molecular complexity index is 548. The first kappa shape index (κ1) is 12.6. The number of hydrogen-bond donors (Lipinski definition) is 0. The molecule has 0 aliphatic heterocycles. The number of aldehydes is 1. The first-order valence-electron chi connectivity index (χ1n) is 6.00. The van der Waals surface area contributed by atoms with E-state index in [9.17, 15) is 4.79 Å². The van der Waals surface area contributed by atoms with Gasteiger partial charge in [0.1, 0.15) is 12.0 Å². The summed E-state index contributed by atoms with van der Waals surface area (Å²) in [6, 6.07) is 11.3. The van der Waals surface area contributed by atoms with Gasteiger partial charge in [0.05, 0.1) is 0 Å². The van der Waals surface area contributed by atoms with Crippen molar-refractivity contribution in [2.45, 2.75) is 20.1 Å². The van der Waals surface area contributed by atoms with Crippen molar-refractivity contribution in [1.29, 1.82) is 0 Å². The van der Waals surface area contributed by atoms with Gasteiger partial charge in [0.15, 0.2) is 6.29 Å². The van der Waals surface area contributed by atoms with Crippen molar-refractivity contribution in [2.75, 3.05) is 6.61 Å². The van der Waals surface area contributed by atoms with Gasteiger partial charge in [-0.05, 0) is 42.8 Å². The largest absolute Gasteiger partial charge is 0.465 e. The van der Waals surface area contributed by atoms with Gasteiger partial charge in [0.2, 0.25) is 0 Å². The van der Waals surface area contributed by atoms with Crippen LogP contribution in [0.2, 0.25) is 0 Å². The third kappa shape index (κ3) is 2.87. The number of carbonyl (C=O) groups is 1. The van der Waals surface area contributed by atoms with Crippen molar-refractivity contribution >= 4 is 17.1 Å². The smallest absolute Gasteiger partial charge is 0.196 e. The Kier molecular flexibility index (Phi) is 3.95. The Labute approximate surface area is 106 Å². The van der Waals surface area contributed by atoms with Crippen molar-refractivity contribution < 1.29 is 14.3 Å². The lowest BCUT2D eigenvalue weighted by Gasteiger charge is -2.14. The molecule has 1 atom stereocenters. The van der Waals surface area contributed by atoms with Crippen molar-refractivity contribution in [2.24, 2.45) is 0 Å². The molecule has 2 aromatic rings. The van der Waals surface area contributed by atoms with Crippen molar-refractivity contribution in [1.82, 2.24) is 0 Å². The zero-order valence-corrected chi connectivity index (χ0v) is 10.6. The summed E-state index contributed by atoms with van der Waals surface area (Å²) in [5, 5.41) is 2.07. The molecule has 0 saturated heterocycles. The zero-order valence-electron chi connectivity index (χ0n) is 10.6. The molecule has 0 amide bonds. The van der Waals surface area contributed by atoms with Crippen LogP contribution in [0.1, 0.15) is 24.2 Å². The molecule has 3 nitrogen and oxygen atoms in total. The summed E-state index contributed by atoms with van der Waals surface area (Å²) in [5.41, 5.74) is 0.679. The summed E-state index contributed by atoms with van der Waals surface area (Å²) in [5.74, 6) is 0.766. The molecule has 3 heteroatoms. The highest BCUT2D eigenvalue weighted by molar-refractivity contribution is 5.89. The normalized spacial score (nSPS) is 12.3. The fourth-order valence-electron chi connectivity index (χ4n) is 1.85. The third-order valence-electron chi connectivity index (χ3n) is 2.68. The molecule has 0 aromatic heterocycles. The number of benzene rings is 2. The minimum Gasteiger partial charge on any atom is -0.465 e. The van der Waals surface area contributed by atoms with Crippen LogP contribution in [0.4, 0.5) is 0 Å². The zero-order chi connectivity index (χ0) is 13.0. The molecule has 0 aliphatic rings. The quantitative estimate of drug-likeness (QED) is 0.597. The van der Waals surface area contributed by atoms with E-state index in [1.165, 1.54) is 0 Å². The van der Waals surface area contributed by atoms with Gasteiger partial charge in [0, 0.05) is 12.2 Å². The maximum absolute atomic E-state index is 10.7. The van der Waals surface area contributed by atoms with E-state index in [-0.39, 0.29) is 6.29 Å². The molecule has 2 aromatic carbocycles. The number of rotatable bonds is 5. The second-order valence-electron chi connectivity index (χ2n) is 4.03. The Morgan fingerprint density at radius 1 is 1.17 bits per heavy atom. The summed E-state index contributed by atoms with van der Waals surface area (Å²) < 4.78 is 11.0. The lowest BCUT2D eigenvalue weighted by Crippen LogP contribution is -2.15. The van der Waals surface area contributed by atoms with Crippen LogP contribution in [-0.2, 0) is 4.74 Å². The first-order valence-corrected chi connectivity index (χ1v) is 6.00. The molecule has 18 heavy (non-hydrogen) atoms. The highest BCUT2D eigenvalue weighted by Gasteiger charge is 2.04. The van der Waals surface area contributed by atoms with Gasteiger partial charge >= 0.3 is 0 Å². The lowest BCUT2D eigenvalue weighted by atomic mass is 10.1. The van der Waals surface area contributed by atoms with Crippen molar-refractivity contribution in [3.05, 3.63) is 42.0 Å². The molecular weight excluding hydrogens is 228 g/mol. The van der Waals surface area contributed by atoms with Crippen LogP contribution in [0.15, 0.2) is 36.4 Å². The van der Waals surface area contributed by atoms with Crippen LogP contribution in [-0.4, -0.2) is 19.2 Å². The van der Waals surface area contributed by atoms with E-state index >= 15 is 0 Å². The molecule has 0 heterocycles. The van der Waals surface area contributed by atoms with E-state index in [4.69, 9.17) is 9.47 Å². The maximum Gasteiger partial charge on any atom is 0.196 e. The molecule has 0 radical (unpaired) electrons. The van der Waals surface area contributed by atoms with Gasteiger partial charge in [-0.1, -0.05) is 18.2 Å². The van der Waals surface area contributed by atoms with E-state index in [0.29, 0.717) is 12.2 Å². The SMILES string of the molecule is CCOC(C)Oc1ccc2cc(C=O)ccc2c1. The fourth-order valence-corrected chi connectivity index (χ4v) is 1.85. The van der Waals surface area contributed by atoms with E-state index in [1.807, 2.05) is 44.2 Å². The molecule has 0 N–H and O–H groups in total. The van der Waals surface area contributed by atoms with Gasteiger partial charge in [-0.15, -0.1) is 0 Å². The minimum atomic E-state index is -0.262. The number of ether oxygens (including phenoxy) is 2. The fraction of sp³-hybridized carbons (Fsp3) is 0.267. The first-order chi connectivity index (χ1) is 8.72. The summed E-state index contributed by atoms with van der Waals surface area (Å²) >= 11 is 0. The lowest BCUT2D eigenvalue weighted by molar-refractivity contribution is -0.0612. The third-order valence-corrected chi connectivity index (χ3v) is 2.68. The van der Waals surface area contributed by atoms with E-state index in [2.05, 4.69) is 0 Å². The molecule has 1 unspecified atom stereocenters. The van der Waals surface area contributed by atoms with Gasteiger partial charge in [-0.2, -0.15) is 0 Å². The van der Waals surface area contributed by atoms with Crippen molar-refractivity contribution in [3.8, 4) is 5.75 Å². The Balaban J connectivity index is 2.25. The van der Waals surface area contributed by atoms with Gasteiger partial charge in [0.25, 0.3) is 0 Å². The van der Waals surface area contributed by atoms with Crippen LogP contribution >= 0.6 is 0 Å². The van der Waals surface area contributed by atoms with Crippen LogP contribution in [0, 0.1) is 0 Å². The minimum absolute atomic E-state index is 0.262. The van der Waals surface area contributed by atoms with Crippen LogP contribution < -0.4 is 4.74 Å². The molecule has 0 aliphatic carbocycles. The van der Waals surface area contributed by atoms with E-state index < -0.39 is 0 Å². The molecule has 0 fully saturated rings. The summed E-state index contributed by atoms with van der Waals surface area (Å²) in [6.45, 7) is 4.42. The highest BCUT2D eigenvalue weighted by atomic mass is 16.7. The second kappa shape index (κ2) is 5.65. The summed E-state index contributed by atoms with van der Waals surface area (Å²) in [7, 11) is 0. The average Bonchev–Trinajstić information content (AvgIpc) is 2.38. The summed E-state index contributed by atoms with van der Waals surface area (Å²) in [4.78, 5) is 10.7. The van der Waals surface area contributed by atoms with Crippen LogP contribution in [0.3, 0.4) is 0 Å². The van der Waals surface area contributed by atoms with Crippen LogP contribution in [0.5, 0.6) is 5.75 Å². The van der Waals surface area contributed by atoms with E-state index in [0.717, 1.165) is 22.8 Å². The molecule has 2 rings (SSSR count). The maximum atomic E-state index is 10.7. The standard InChI is InChI=1S/C15H16O3/c1-3-17-11(2)18-15-7-6-13-8-12(10-16)4-5-14(13)9-15/h4-11H,3H2,1-2H3. The number of fused-ring (bicyclic) bond motifs is 1. The highest BCUT2D eigenvalue weighted by Crippen LogP contribution is 2.22. The Morgan fingerprint density at radius 3 is 2.61 bits per heavy atom. The van der Waals surface area contributed by atoms with Crippen LogP contribution in [0.25, 0.3) is 10.8 Å². The molecule has 0 spiro atoms. The Hall–Kier alpha value is -1.87. The number of hydrogen-bond acceptors (Lipinski definition) is 3. The predicted molar refractivity (Wildman–Crippen MR) is 71.1 cm³/mol. The molecule has 94 valence electrons. The van der Waals surface area contributed by atoms with Crippen molar-refractivity contribution in [3.63, 3.8) is 0 Å². The topological polar surface area (TPSA) is 35.5 Å². The van der Waals surface area contributed by atoms with E-state index in [1.54, 1.807) is 6.07 Å². The summed E-state index contributed by atoms with van der Waals surface area (Å²) in [6.07, 6.45) is 0.586. The number of carbonyl (C=O) groups excluding carboxylic acids is 1. The second-order valence-corrected chi connectivity index (χ2v) is 4.03. The van der Waals surface area contributed by atoms with Gasteiger partial charge in [-0.25, -0.2) is 0 Å². The molecule has 0 saturated carbocycles. The Morgan fingerprint density at radius 2 is 1.89 bits per heavy atom. The average molecular weight is 244 g/mol. The van der Waals surface area contributed by atoms with Gasteiger partial charge in [-0.3, -0.25) is 4.79 Å². The molecular formula is C15H16O3. The van der Waals surface area contributed by atoms with Gasteiger partial charge < -0.3 is 9.47 Å². The predicted octanol–water partition coefficient (Wildman–Crippen LogP) is 3.41.